The lowest BCUT2D eigenvalue weighted by Gasteiger charge is -2.16. The SMILES string of the molecule is CCn1c(Sc2cccc(OC)c2[C@@H](C)N)n[nH]c1=O. The van der Waals surface area contributed by atoms with Crippen molar-refractivity contribution in [1.29, 1.82) is 0 Å². The highest BCUT2D eigenvalue weighted by molar-refractivity contribution is 7.99. The molecule has 1 atom stereocenters. The highest BCUT2D eigenvalue weighted by Crippen LogP contribution is 2.36. The standard InChI is InChI=1S/C13H18N4O2S/c1-4-17-12(18)15-16-13(17)20-10-7-5-6-9(19-3)11(10)8(2)14/h5-8H,4,14H2,1-3H3,(H,15,18)/t8-/m1/s1. The normalized spacial score (nSPS) is 12.4. The van der Waals surface area contributed by atoms with E-state index in [0.29, 0.717) is 11.7 Å². The molecule has 0 aliphatic carbocycles. The van der Waals surface area contributed by atoms with Crippen LogP contribution in [0.25, 0.3) is 0 Å². The first-order valence-corrected chi connectivity index (χ1v) is 7.15. The maximum atomic E-state index is 11.6. The van der Waals surface area contributed by atoms with Crippen LogP contribution in [0.4, 0.5) is 0 Å². The van der Waals surface area contributed by atoms with Crippen molar-refractivity contribution in [2.45, 2.75) is 36.5 Å². The Labute approximate surface area is 121 Å². The van der Waals surface area contributed by atoms with Crippen LogP contribution in [0.5, 0.6) is 5.75 Å². The molecular weight excluding hydrogens is 276 g/mol. The molecule has 0 saturated heterocycles. The van der Waals surface area contributed by atoms with Crippen LogP contribution in [-0.2, 0) is 6.54 Å². The maximum Gasteiger partial charge on any atom is 0.343 e. The smallest absolute Gasteiger partial charge is 0.343 e. The first-order valence-electron chi connectivity index (χ1n) is 6.34. The van der Waals surface area contributed by atoms with Gasteiger partial charge >= 0.3 is 5.69 Å². The summed E-state index contributed by atoms with van der Waals surface area (Å²) < 4.78 is 6.94. The summed E-state index contributed by atoms with van der Waals surface area (Å²) in [6.07, 6.45) is 0. The molecule has 20 heavy (non-hydrogen) atoms. The molecule has 7 heteroatoms. The number of nitrogens with two attached hydrogens (primary N) is 1. The maximum absolute atomic E-state index is 11.6. The van der Waals surface area contributed by atoms with Crippen molar-refractivity contribution in [2.24, 2.45) is 5.73 Å². The topological polar surface area (TPSA) is 85.9 Å². The third-order valence-electron chi connectivity index (χ3n) is 2.94. The molecular formula is C13H18N4O2S. The summed E-state index contributed by atoms with van der Waals surface area (Å²) >= 11 is 1.40. The van der Waals surface area contributed by atoms with E-state index < -0.39 is 0 Å². The lowest BCUT2D eigenvalue weighted by molar-refractivity contribution is 0.405. The molecule has 0 unspecified atom stereocenters. The predicted octanol–water partition coefficient (Wildman–Crippen LogP) is 1.77. The summed E-state index contributed by atoms with van der Waals surface area (Å²) in [7, 11) is 1.62. The van der Waals surface area contributed by atoms with Gasteiger partial charge < -0.3 is 10.5 Å². The molecule has 2 aromatic rings. The van der Waals surface area contributed by atoms with Crippen LogP contribution in [-0.4, -0.2) is 21.9 Å². The molecule has 3 N–H and O–H groups in total. The molecule has 1 aromatic carbocycles. The number of methoxy groups -OCH3 is 1. The van der Waals surface area contributed by atoms with Crippen LogP contribution < -0.4 is 16.2 Å². The monoisotopic (exact) mass is 294 g/mol. The largest absolute Gasteiger partial charge is 0.496 e. The number of ether oxygens (including phenoxy) is 1. The number of hydrogen-bond donors (Lipinski definition) is 2. The van der Waals surface area contributed by atoms with E-state index in [1.165, 1.54) is 11.8 Å². The third kappa shape index (κ3) is 2.73. The van der Waals surface area contributed by atoms with Crippen molar-refractivity contribution in [2.75, 3.05) is 7.11 Å². The minimum atomic E-state index is -0.208. The Balaban J connectivity index is 2.45. The van der Waals surface area contributed by atoms with Crippen LogP contribution in [0.1, 0.15) is 25.5 Å². The molecule has 108 valence electrons. The molecule has 0 bridgehead atoms. The van der Waals surface area contributed by atoms with Gasteiger partial charge in [-0.15, -0.1) is 5.10 Å². The van der Waals surface area contributed by atoms with E-state index in [1.54, 1.807) is 11.7 Å². The molecule has 1 heterocycles. The number of rotatable bonds is 5. The van der Waals surface area contributed by atoms with Gasteiger partial charge in [0.1, 0.15) is 5.75 Å². The fourth-order valence-electron chi connectivity index (χ4n) is 2.00. The zero-order valence-electron chi connectivity index (χ0n) is 11.7. The van der Waals surface area contributed by atoms with Gasteiger partial charge in [-0.3, -0.25) is 4.57 Å². The van der Waals surface area contributed by atoms with E-state index in [-0.39, 0.29) is 11.7 Å². The lowest BCUT2D eigenvalue weighted by Crippen LogP contribution is -2.16. The molecule has 6 nitrogen and oxygen atoms in total. The second kappa shape index (κ2) is 6.15. The van der Waals surface area contributed by atoms with Crippen LogP contribution in [0.3, 0.4) is 0 Å². The quantitative estimate of drug-likeness (QED) is 0.877. The van der Waals surface area contributed by atoms with E-state index in [9.17, 15) is 4.79 Å². The second-order valence-electron chi connectivity index (χ2n) is 4.32. The average molecular weight is 294 g/mol. The van der Waals surface area contributed by atoms with Gasteiger partial charge in [-0.1, -0.05) is 6.07 Å². The summed E-state index contributed by atoms with van der Waals surface area (Å²) in [6.45, 7) is 4.37. The van der Waals surface area contributed by atoms with Gasteiger partial charge in [0.2, 0.25) is 0 Å². The molecule has 2 rings (SSSR count). The summed E-state index contributed by atoms with van der Waals surface area (Å²) in [5.74, 6) is 0.742. The minimum absolute atomic E-state index is 0.172. The zero-order valence-corrected chi connectivity index (χ0v) is 12.5. The zero-order chi connectivity index (χ0) is 14.7. The molecule has 0 aliphatic heterocycles. The van der Waals surface area contributed by atoms with Gasteiger partial charge in [-0.05, 0) is 37.7 Å². The minimum Gasteiger partial charge on any atom is -0.496 e. The van der Waals surface area contributed by atoms with Crippen molar-refractivity contribution < 1.29 is 4.74 Å². The molecule has 0 saturated carbocycles. The first-order chi connectivity index (χ1) is 9.58. The fourth-order valence-corrected chi connectivity index (χ4v) is 3.15. The fraction of sp³-hybridized carbons (Fsp3) is 0.385. The molecule has 0 amide bonds. The van der Waals surface area contributed by atoms with Crippen molar-refractivity contribution in [1.82, 2.24) is 14.8 Å². The van der Waals surface area contributed by atoms with Crippen molar-refractivity contribution in [3.05, 3.63) is 34.2 Å². The van der Waals surface area contributed by atoms with Gasteiger partial charge in [0, 0.05) is 23.0 Å². The third-order valence-corrected chi connectivity index (χ3v) is 4.01. The Morgan fingerprint density at radius 1 is 1.55 bits per heavy atom. The molecule has 0 spiro atoms. The molecule has 1 aromatic heterocycles. The van der Waals surface area contributed by atoms with Gasteiger partial charge in [0.25, 0.3) is 0 Å². The highest BCUT2D eigenvalue weighted by Gasteiger charge is 2.16. The van der Waals surface area contributed by atoms with Gasteiger partial charge in [-0.2, -0.15) is 0 Å². The Hall–Kier alpha value is -1.73. The van der Waals surface area contributed by atoms with E-state index in [2.05, 4.69) is 10.2 Å². The van der Waals surface area contributed by atoms with Crippen LogP contribution in [0.2, 0.25) is 0 Å². The Morgan fingerprint density at radius 3 is 2.90 bits per heavy atom. The van der Waals surface area contributed by atoms with Crippen molar-refractivity contribution in [3.63, 3.8) is 0 Å². The first kappa shape index (κ1) is 14.7. The Kier molecular flexibility index (Phi) is 4.51. The predicted molar refractivity (Wildman–Crippen MR) is 78.2 cm³/mol. The molecule has 0 radical (unpaired) electrons. The van der Waals surface area contributed by atoms with Gasteiger partial charge in [0.05, 0.1) is 7.11 Å². The number of aromatic nitrogens is 3. The second-order valence-corrected chi connectivity index (χ2v) is 5.33. The van der Waals surface area contributed by atoms with E-state index in [0.717, 1.165) is 16.2 Å². The number of aromatic amines is 1. The number of benzene rings is 1. The highest BCUT2D eigenvalue weighted by atomic mass is 32.2. The van der Waals surface area contributed by atoms with Gasteiger partial charge in [-0.25, -0.2) is 9.89 Å². The summed E-state index contributed by atoms with van der Waals surface area (Å²) in [5, 5.41) is 7.12. The summed E-state index contributed by atoms with van der Waals surface area (Å²) in [6, 6.07) is 5.55. The summed E-state index contributed by atoms with van der Waals surface area (Å²) in [4.78, 5) is 12.5. The van der Waals surface area contributed by atoms with E-state index in [1.807, 2.05) is 32.0 Å². The number of nitrogens with one attached hydrogen (secondary N) is 1. The van der Waals surface area contributed by atoms with Crippen molar-refractivity contribution in [3.8, 4) is 5.75 Å². The summed E-state index contributed by atoms with van der Waals surface area (Å²) in [5.41, 5.74) is 6.74. The molecule has 0 fully saturated rings. The van der Waals surface area contributed by atoms with Crippen molar-refractivity contribution >= 4 is 11.8 Å². The van der Waals surface area contributed by atoms with Crippen LogP contribution in [0, 0.1) is 0 Å². The van der Waals surface area contributed by atoms with E-state index in [4.69, 9.17) is 10.5 Å². The van der Waals surface area contributed by atoms with E-state index >= 15 is 0 Å². The van der Waals surface area contributed by atoms with Gasteiger partial charge in [0.15, 0.2) is 5.16 Å². The number of hydrogen-bond acceptors (Lipinski definition) is 5. The van der Waals surface area contributed by atoms with Crippen LogP contribution in [0.15, 0.2) is 33.0 Å². The van der Waals surface area contributed by atoms with Crippen LogP contribution >= 0.6 is 11.8 Å². The lowest BCUT2D eigenvalue weighted by atomic mass is 10.1. The molecule has 0 aliphatic rings. The average Bonchev–Trinajstić information content (AvgIpc) is 2.78. The number of H-pyrrole nitrogens is 1. The Morgan fingerprint density at radius 2 is 2.30 bits per heavy atom. The Bertz CT molecular complexity index is 648. The number of nitrogens with zero attached hydrogens (tertiary/aromatic N) is 2.